The quantitative estimate of drug-likeness (QED) is 0.730. The van der Waals surface area contributed by atoms with Crippen molar-refractivity contribution >= 4 is 12.0 Å². The number of para-hydroxylation sites is 1. The summed E-state index contributed by atoms with van der Waals surface area (Å²) in [6.45, 7) is 7.02. The molecule has 0 aliphatic carbocycles. The summed E-state index contributed by atoms with van der Waals surface area (Å²) in [7, 11) is 0. The van der Waals surface area contributed by atoms with Gasteiger partial charge in [0.15, 0.2) is 0 Å². The van der Waals surface area contributed by atoms with Crippen molar-refractivity contribution < 1.29 is 9.53 Å². The molecule has 3 rings (SSSR count). The first kappa shape index (κ1) is 19.2. The van der Waals surface area contributed by atoms with Crippen LogP contribution in [0.5, 0.6) is 5.75 Å². The second kappa shape index (κ2) is 9.93. The van der Waals surface area contributed by atoms with Crippen LogP contribution in [0.4, 0.5) is 0 Å². The largest absolute Gasteiger partial charge is 0.493 e. The lowest BCUT2D eigenvalue weighted by molar-refractivity contribution is -0.125. The number of nitrogens with zero attached hydrogens (tertiary/aromatic N) is 2. The Balaban J connectivity index is 1.56. The number of rotatable bonds is 6. The molecule has 0 radical (unpaired) electrons. The van der Waals surface area contributed by atoms with E-state index < -0.39 is 0 Å². The first-order chi connectivity index (χ1) is 13.3. The zero-order valence-corrected chi connectivity index (χ0v) is 16.0. The van der Waals surface area contributed by atoms with E-state index in [9.17, 15) is 4.79 Å². The highest BCUT2D eigenvalue weighted by Crippen LogP contribution is 2.19. The van der Waals surface area contributed by atoms with E-state index in [1.54, 1.807) is 6.08 Å². The summed E-state index contributed by atoms with van der Waals surface area (Å²) >= 11 is 0. The molecule has 2 aromatic carbocycles. The second-order valence-electron chi connectivity index (χ2n) is 6.74. The molecule has 1 amide bonds. The fourth-order valence-corrected chi connectivity index (χ4v) is 3.36. The van der Waals surface area contributed by atoms with Gasteiger partial charge in [-0.15, -0.1) is 0 Å². The van der Waals surface area contributed by atoms with Crippen LogP contribution in [0, 0.1) is 0 Å². The van der Waals surface area contributed by atoms with Crippen molar-refractivity contribution in [2.45, 2.75) is 19.9 Å². The summed E-state index contributed by atoms with van der Waals surface area (Å²) in [5.41, 5.74) is 2.26. The fraction of sp³-hybridized carbons (Fsp3) is 0.348. The highest BCUT2D eigenvalue weighted by molar-refractivity contribution is 5.92. The number of carbonyl (C=O) groups excluding carboxylic acids is 1. The molecule has 1 aliphatic heterocycles. The van der Waals surface area contributed by atoms with E-state index in [4.69, 9.17) is 4.74 Å². The lowest BCUT2D eigenvalue weighted by Gasteiger charge is -2.21. The van der Waals surface area contributed by atoms with Crippen LogP contribution in [0.3, 0.4) is 0 Å². The summed E-state index contributed by atoms with van der Waals surface area (Å²) < 4.78 is 5.62. The Morgan fingerprint density at radius 3 is 2.59 bits per heavy atom. The van der Waals surface area contributed by atoms with Crippen molar-refractivity contribution in [3.05, 3.63) is 71.8 Å². The van der Waals surface area contributed by atoms with E-state index in [0.29, 0.717) is 6.61 Å². The Bertz CT molecular complexity index is 758. The normalized spacial score (nSPS) is 15.7. The number of benzene rings is 2. The summed E-state index contributed by atoms with van der Waals surface area (Å²) in [6.07, 6.45) is 4.53. The van der Waals surface area contributed by atoms with Crippen molar-refractivity contribution in [1.29, 1.82) is 0 Å². The van der Waals surface area contributed by atoms with Crippen molar-refractivity contribution in [1.82, 2.24) is 9.80 Å². The minimum Gasteiger partial charge on any atom is -0.493 e. The molecule has 0 N–H and O–H groups in total. The molecule has 27 heavy (non-hydrogen) atoms. The van der Waals surface area contributed by atoms with Crippen LogP contribution in [-0.4, -0.2) is 48.5 Å². The molecular weight excluding hydrogens is 336 g/mol. The average Bonchev–Trinajstić information content (AvgIpc) is 2.94. The maximum absolute atomic E-state index is 12.6. The number of amides is 1. The Kier molecular flexibility index (Phi) is 7.05. The zero-order chi connectivity index (χ0) is 18.9. The lowest BCUT2D eigenvalue weighted by Crippen LogP contribution is -2.34. The monoisotopic (exact) mass is 364 g/mol. The minimum atomic E-state index is 0.0721. The SMILES string of the molecule is CCOc1ccccc1/C=C/C(=O)N1CCCN(Cc2ccccc2)CC1. The van der Waals surface area contributed by atoms with Crippen LogP contribution in [0.2, 0.25) is 0 Å². The predicted molar refractivity (Wildman–Crippen MR) is 110 cm³/mol. The third-order valence-corrected chi connectivity index (χ3v) is 4.77. The van der Waals surface area contributed by atoms with Crippen LogP contribution >= 0.6 is 0 Å². The van der Waals surface area contributed by atoms with Crippen LogP contribution in [0.25, 0.3) is 6.08 Å². The van der Waals surface area contributed by atoms with Gasteiger partial charge >= 0.3 is 0 Å². The molecule has 1 aliphatic rings. The molecule has 0 spiro atoms. The van der Waals surface area contributed by atoms with E-state index in [0.717, 1.165) is 50.5 Å². The van der Waals surface area contributed by atoms with Gasteiger partial charge in [0.05, 0.1) is 6.61 Å². The summed E-state index contributed by atoms with van der Waals surface area (Å²) in [6, 6.07) is 18.3. The van der Waals surface area contributed by atoms with Gasteiger partial charge in [0.1, 0.15) is 5.75 Å². The molecule has 1 saturated heterocycles. The first-order valence-electron chi connectivity index (χ1n) is 9.71. The molecule has 142 valence electrons. The molecule has 0 unspecified atom stereocenters. The van der Waals surface area contributed by atoms with Gasteiger partial charge in [-0.2, -0.15) is 0 Å². The lowest BCUT2D eigenvalue weighted by atomic mass is 10.2. The highest BCUT2D eigenvalue weighted by Gasteiger charge is 2.17. The molecule has 0 bridgehead atoms. The van der Waals surface area contributed by atoms with Gasteiger partial charge in [0.2, 0.25) is 5.91 Å². The van der Waals surface area contributed by atoms with Crippen LogP contribution in [0.15, 0.2) is 60.7 Å². The standard InChI is InChI=1S/C23H28N2O2/c1-2-27-22-12-7-6-11-21(22)13-14-23(26)25-16-8-15-24(17-18-25)19-20-9-4-3-5-10-20/h3-7,9-14H,2,8,15-19H2,1H3/b14-13+. The van der Waals surface area contributed by atoms with E-state index in [1.165, 1.54) is 5.56 Å². The molecule has 4 heteroatoms. The molecule has 0 atom stereocenters. The molecule has 1 fully saturated rings. The van der Waals surface area contributed by atoms with E-state index in [-0.39, 0.29) is 5.91 Å². The molecule has 2 aromatic rings. The van der Waals surface area contributed by atoms with Crippen LogP contribution in [-0.2, 0) is 11.3 Å². The average molecular weight is 364 g/mol. The highest BCUT2D eigenvalue weighted by atomic mass is 16.5. The molecule has 1 heterocycles. The van der Waals surface area contributed by atoms with E-state index >= 15 is 0 Å². The fourth-order valence-electron chi connectivity index (χ4n) is 3.36. The number of hydrogen-bond donors (Lipinski definition) is 0. The van der Waals surface area contributed by atoms with Gasteiger partial charge < -0.3 is 9.64 Å². The number of carbonyl (C=O) groups is 1. The van der Waals surface area contributed by atoms with Gasteiger partial charge in [-0.25, -0.2) is 0 Å². The maximum atomic E-state index is 12.6. The summed E-state index contributed by atoms with van der Waals surface area (Å²) in [5, 5.41) is 0. The van der Waals surface area contributed by atoms with Gasteiger partial charge in [0, 0.05) is 44.4 Å². The van der Waals surface area contributed by atoms with Crippen LogP contribution < -0.4 is 4.74 Å². The Morgan fingerprint density at radius 1 is 1.00 bits per heavy atom. The Hall–Kier alpha value is -2.59. The smallest absolute Gasteiger partial charge is 0.246 e. The third kappa shape index (κ3) is 5.69. The summed E-state index contributed by atoms with van der Waals surface area (Å²) in [5.74, 6) is 0.886. The van der Waals surface area contributed by atoms with E-state index in [1.807, 2.05) is 48.2 Å². The van der Waals surface area contributed by atoms with Gasteiger partial charge in [-0.05, 0) is 31.1 Å². The topological polar surface area (TPSA) is 32.8 Å². The van der Waals surface area contributed by atoms with Crippen LogP contribution in [0.1, 0.15) is 24.5 Å². The van der Waals surface area contributed by atoms with Crippen molar-refractivity contribution in [3.63, 3.8) is 0 Å². The molecule has 4 nitrogen and oxygen atoms in total. The Labute approximate surface area is 162 Å². The van der Waals surface area contributed by atoms with Gasteiger partial charge in [-0.1, -0.05) is 48.5 Å². The second-order valence-corrected chi connectivity index (χ2v) is 6.74. The van der Waals surface area contributed by atoms with Crippen molar-refractivity contribution in [3.8, 4) is 5.75 Å². The summed E-state index contributed by atoms with van der Waals surface area (Å²) in [4.78, 5) is 17.0. The van der Waals surface area contributed by atoms with Crippen molar-refractivity contribution in [2.24, 2.45) is 0 Å². The molecule has 0 aromatic heterocycles. The number of hydrogen-bond acceptors (Lipinski definition) is 3. The van der Waals surface area contributed by atoms with Gasteiger partial charge in [0.25, 0.3) is 0 Å². The Morgan fingerprint density at radius 2 is 1.78 bits per heavy atom. The zero-order valence-electron chi connectivity index (χ0n) is 16.0. The van der Waals surface area contributed by atoms with Gasteiger partial charge in [-0.3, -0.25) is 9.69 Å². The molecule has 0 saturated carbocycles. The first-order valence-corrected chi connectivity index (χ1v) is 9.71. The maximum Gasteiger partial charge on any atom is 0.246 e. The number of ether oxygens (including phenoxy) is 1. The molecular formula is C23H28N2O2. The minimum absolute atomic E-state index is 0.0721. The third-order valence-electron chi connectivity index (χ3n) is 4.77. The van der Waals surface area contributed by atoms with Crippen molar-refractivity contribution in [2.75, 3.05) is 32.8 Å². The predicted octanol–water partition coefficient (Wildman–Crippen LogP) is 3.83. The van der Waals surface area contributed by atoms with E-state index in [2.05, 4.69) is 29.2 Å².